The zero-order chi connectivity index (χ0) is 18.6. The molecule has 25 heavy (non-hydrogen) atoms. The van der Waals surface area contributed by atoms with Crippen LogP contribution >= 0.6 is 0 Å². The Morgan fingerprint density at radius 3 is 2.04 bits per heavy atom. The van der Waals surface area contributed by atoms with Crippen molar-refractivity contribution in [2.24, 2.45) is 0 Å². The highest BCUT2D eigenvalue weighted by atomic mass is 32.2. The third-order valence-corrected chi connectivity index (χ3v) is 5.17. The van der Waals surface area contributed by atoms with E-state index in [0.717, 1.165) is 5.56 Å². The molecule has 2 aromatic carbocycles. The summed E-state index contributed by atoms with van der Waals surface area (Å²) in [6.07, 6.45) is 1.20. The molecule has 0 aliphatic carbocycles. The lowest BCUT2D eigenvalue weighted by molar-refractivity contribution is 0.355. The van der Waals surface area contributed by atoms with E-state index in [2.05, 4.69) is 13.8 Å². The lowest BCUT2D eigenvalue weighted by Crippen LogP contribution is -2.29. The van der Waals surface area contributed by atoms with E-state index in [1.807, 2.05) is 24.3 Å². The maximum absolute atomic E-state index is 12.3. The van der Waals surface area contributed by atoms with Gasteiger partial charge in [0.15, 0.2) is 11.5 Å². The van der Waals surface area contributed by atoms with Crippen LogP contribution in [0.3, 0.4) is 0 Å². The monoisotopic (exact) mass is 363 g/mol. The average Bonchev–Trinajstić information content (AvgIpc) is 2.58. The van der Waals surface area contributed by atoms with Gasteiger partial charge >= 0.3 is 0 Å². The summed E-state index contributed by atoms with van der Waals surface area (Å²) in [7, 11) is -0.382. The van der Waals surface area contributed by atoms with Crippen LogP contribution in [0.4, 0.5) is 5.69 Å². The van der Waals surface area contributed by atoms with E-state index in [1.54, 1.807) is 25.3 Å². The molecule has 0 aliphatic heterocycles. The molecule has 0 aromatic heterocycles. The first-order valence-electron chi connectivity index (χ1n) is 8.05. The number of anilines is 1. The van der Waals surface area contributed by atoms with E-state index >= 15 is 0 Å². The van der Waals surface area contributed by atoms with Crippen molar-refractivity contribution < 1.29 is 17.9 Å². The van der Waals surface area contributed by atoms with E-state index in [9.17, 15) is 8.42 Å². The van der Waals surface area contributed by atoms with Crippen molar-refractivity contribution in [3.8, 4) is 11.5 Å². The number of rotatable bonds is 7. The van der Waals surface area contributed by atoms with Gasteiger partial charge in [0.1, 0.15) is 0 Å². The van der Waals surface area contributed by atoms with Crippen LogP contribution in [0.5, 0.6) is 11.5 Å². The van der Waals surface area contributed by atoms with Crippen molar-refractivity contribution in [2.75, 3.05) is 24.8 Å². The largest absolute Gasteiger partial charge is 0.493 e. The van der Waals surface area contributed by atoms with Gasteiger partial charge in [-0.25, -0.2) is 8.42 Å². The van der Waals surface area contributed by atoms with Crippen LogP contribution in [-0.4, -0.2) is 28.9 Å². The number of hydrogen-bond acceptors (Lipinski definition) is 4. The van der Waals surface area contributed by atoms with E-state index in [0.29, 0.717) is 23.1 Å². The molecule has 136 valence electrons. The number of methoxy groups -OCH3 is 2. The second-order valence-electron chi connectivity index (χ2n) is 6.21. The Bertz CT molecular complexity index is 814. The van der Waals surface area contributed by atoms with Gasteiger partial charge < -0.3 is 9.47 Å². The normalized spacial score (nSPS) is 11.4. The van der Waals surface area contributed by atoms with Crippen molar-refractivity contribution in [1.82, 2.24) is 0 Å². The van der Waals surface area contributed by atoms with Crippen LogP contribution in [0.15, 0.2) is 42.5 Å². The quantitative estimate of drug-likeness (QED) is 0.751. The zero-order valence-corrected chi connectivity index (χ0v) is 16.1. The first-order chi connectivity index (χ1) is 11.8. The predicted molar refractivity (Wildman–Crippen MR) is 101 cm³/mol. The highest BCUT2D eigenvalue weighted by Gasteiger charge is 2.20. The predicted octanol–water partition coefficient (Wildman–Crippen LogP) is 3.79. The first kappa shape index (κ1) is 19.1. The number of hydrogen-bond donors (Lipinski definition) is 0. The second-order valence-corrected chi connectivity index (χ2v) is 8.11. The fourth-order valence-corrected chi connectivity index (χ4v) is 3.43. The second kappa shape index (κ2) is 7.78. The van der Waals surface area contributed by atoms with Crippen LogP contribution in [0.25, 0.3) is 0 Å². The van der Waals surface area contributed by atoms with Crippen LogP contribution in [0.2, 0.25) is 0 Å². The first-order valence-corrected chi connectivity index (χ1v) is 9.89. The van der Waals surface area contributed by atoms with E-state index in [4.69, 9.17) is 9.47 Å². The summed E-state index contributed by atoms with van der Waals surface area (Å²) >= 11 is 0. The van der Waals surface area contributed by atoms with Gasteiger partial charge in [0, 0.05) is 6.07 Å². The van der Waals surface area contributed by atoms with Crippen molar-refractivity contribution >= 4 is 15.7 Å². The van der Waals surface area contributed by atoms with Gasteiger partial charge in [-0.1, -0.05) is 38.1 Å². The molecule has 0 amide bonds. The van der Waals surface area contributed by atoms with Gasteiger partial charge in [0.2, 0.25) is 10.0 Å². The summed E-state index contributed by atoms with van der Waals surface area (Å²) in [6, 6.07) is 13.1. The molecule has 5 nitrogen and oxygen atoms in total. The van der Waals surface area contributed by atoms with Gasteiger partial charge in [-0.3, -0.25) is 4.31 Å². The minimum absolute atomic E-state index is 0.257. The summed E-state index contributed by atoms with van der Waals surface area (Å²) in [6.45, 7) is 4.51. The molecule has 0 spiro atoms. The molecule has 0 N–H and O–H groups in total. The Hall–Kier alpha value is -2.21. The Kier molecular flexibility index (Phi) is 5.95. The highest BCUT2D eigenvalue weighted by molar-refractivity contribution is 7.92. The summed E-state index contributed by atoms with van der Waals surface area (Å²) in [5.74, 6) is 1.48. The topological polar surface area (TPSA) is 55.8 Å². The molecule has 0 heterocycles. The molecule has 6 heteroatoms. The van der Waals surface area contributed by atoms with E-state index < -0.39 is 10.0 Å². The Morgan fingerprint density at radius 2 is 1.56 bits per heavy atom. The van der Waals surface area contributed by atoms with Crippen molar-refractivity contribution in [3.05, 3.63) is 53.6 Å². The smallest absolute Gasteiger partial charge is 0.232 e. The minimum Gasteiger partial charge on any atom is -0.493 e. The van der Waals surface area contributed by atoms with Crippen molar-refractivity contribution in [3.63, 3.8) is 0 Å². The van der Waals surface area contributed by atoms with Gasteiger partial charge in [0.25, 0.3) is 0 Å². The molecule has 2 aromatic rings. The number of nitrogens with zero attached hydrogens (tertiary/aromatic N) is 1. The third kappa shape index (κ3) is 4.66. The number of benzene rings is 2. The molecule has 0 radical (unpaired) electrons. The van der Waals surface area contributed by atoms with Crippen molar-refractivity contribution in [1.29, 1.82) is 0 Å². The van der Waals surface area contributed by atoms with Crippen molar-refractivity contribution in [2.45, 2.75) is 26.3 Å². The molecule has 0 atom stereocenters. The standard InChI is InChI=1S/C19H25NO4S/c1-14(2)16-8-6-15(7-9-16)13-20(25(5,21)22)17-10-11-18(23-3)19(12-17)24-4/h6-12,14H,13H2,1-5H3. The molecule has 0 aliphatic rings. The van der Waals surface area contributed by atoms with E-state index in [1.165, 1.54) is 23.2 Å². The Labute approximate surface area is 150 Å². The van der Waals surface area contributed by atoms with E-state index in [-0.39, 0.29) is 6.54 Å². The molecular formula is C19H25NO4S. The maximum Gasteiger partial charge on any atom is 0.232 e. The summed E-state index contributed by atoms with van der Waals surface area (Å²) < 4.78 is 36.5. The zero-order valence-electron chi connectivity index (χ0n) is 15.3. The van der Waals surface area contributed by atoms with Crippen LogP contribution in [-0.2, 0) is 16.6 Å². The molecule has 0 saturated carbocycles. The SMILES string of the molecule is COc1ccc(N(Cc2ccc(C(C)C)cc2)S(C)(=O)=O)cc1OC. The third-order valence-electron chi connectivity index (χ3n) is 4.03. The van der Waals surface area contributed by atoms with Crippen LogP contribution in [0, 0.1) is 0 Å². The summed E-state index contributed by atoms with van der Waals surface area (Å²) in [4.78, 5) is 0. The van der Waals surface area contributed by atoms with Gasteiger partial charge in [-0.15, -0.1) is 0 Å². The van der Waals surface area contributed by atoms with Crippen LogP contribution in [0.1, 0.15) is 30.9 Å². The molecule has 0 unspecified atom stereocenters. The maximum atomic E-state index is 12.3. The molecule has 0 bridgehead atoms. The Balaban J connectivity index is 2.37. The molecule has 2 rings (SSSR count). The lowest BCUT2D eigenvalue weighted by Gasteiger charge is -2.23. The average molecular weight is 363 g/mol. The lowest BCUT2D eigenvalue weighted by atomic mass is 10.0. The number of ether oxygens (including phenoxy) is 2. The Morgan fingerprint density at radius 1 is 0.960 bits per heavy atom. The molecule has 0 fully saturated rings. The summed E-state index contributed by atoms with van der Waals surface area (Å²) in [5, 5.41) is 0. The van der Waals surface area contributed by atoms with Gasteiger partial charge in [0.05, 0.1) is 32.7 Å². The van der Waals surface area contributed by atoms with Crippen LogP contribution < -0.4 is 13.8 Å². The highest BCUT2D eigenvalue weighted by Crippen LogP contribution is 2.33. The minimum atomic E-state index is -3.45. The number of sulfonamides is 1. The molecular weight excluding hydrogens is 338 g/mol. The fraction of sp³-hybridized carbons (Fsp3) is 0.368. The van der Waals surface area contributed by atoms with Gasteiger partial charge in [-0.2, -0.15) is 0 Å². The fourth-order valence-electron chi connectivity index (χ4n) is 2.55. The van der Waals surface area contributed by atoms with Gasteiger partial charge in [-0.05, 0) is 29.2 Å². The summed E-state index contributed by atoms with van der Waals surface area (Å²) in [5.41, 5.74) is 2.68. The molecule has 0 saturated heterocycles.